The van der Waals surface area contributed by atoms with Gasteiger partial charge in [-0.1, -0.05) is 60.7 Å². The molecule has 2 rings (SSSR count). The van der Waals surface area contributed by atoms with Crippen LogP contribution in [0.25, 0.3) is 0 Å². The first-order valence-corrected chi connectivity index (χ1v) is 9.47. The van der Waals surface area contributed by atoms with Gasteiger partial charge in [0.2, 0.25) is 0 Å². The third-order valence-electron chi connectivity index (χ3n) is 4.76. The van der Waals surface area contributed by atoms with Crippen LogP contribution in [0.4, 0.5) is 0 Å². The van der Waals surface area contributed by atoms with Crippen LogP contribution in [-0.4, -0.2) is 12.1 Å². The molecule has 1 aromatic rings. The van der Waals surface area contributed by atoms with Gasteiger partial charge in [-0.25, -0.2) is 0 Å². The van der Waals surface area contributed by atoms with Crippen LogP contribution in [0.3, 0.4) is 0 Å². The first-order valence-electron chi connectivity index (χ1n) is 8.68. The monoisotopic (exact) mass is 351 g/mol. The van der Waals surface area contributed by atoms with E-state index in [-0.39, 0.29) is 0 Å². The minimum Gasteiger partial charge on any atom is -0.311 e. The predicted octanol–water partition coefficient (Wildman–Crippen LogP) is 5.72. The second-order valence-corrected chi connectivity index (χ2v) is 7.67. The zero-order chi connectivity index (χ0) is 15.1. The first kappa shape index (κ1) is 17.0. The lowest BCUT2D eigenvalue weighted by molar-refractivity contribution is 0.388. The predicted molar refractivity (Wildman–Crippen MR) is 95.7 cm³/mol. The maximum absolute atomic E-state index is 3.87. The van der Waals surface area contributed by atoms with Crippen LogP contribution in [0, 0.1) is 5.92 Å². The standard InChI is InChI=1S/C19H30BrN/c1-3-5-16-6-4-7-19(13-10-16)21-15(2)14-17-8-11-18(20)12-9-17/h8-9,11-12,15-16,19,21H,3-7,10,13-14H2,1-2H3. The summed E-state index contributed by atoms with van der Waals surface area (Å²) in [5.41, 5.74) is 1.43. The maximum atomic E-state index is 3.87. The van der Waals surface area contributed by atoms with Crippen molar-refractivity contribution < 1.29 is 0 Å². The van der Waals surface area contributed by atoms with Crippen LogP contribution in [0.2, 0.25) is 0 Å². The van der Waals surface area contributed by atoms with Crippen molar-refractivity contribution in [2.45, 2.75) is 77.3 Å². The number of hydrogen-bond donors (Lipinski definition) is 1. The van der Waals surface area contributed by atoms with Crippen molar-refractivity contribution in [3.8, 4) is 0 Å². The van der Waals surface area contributed by atoms with Gasteiger partial charge in [0.25, 0.3) is 0 Å². The molecule has 2 heteroatoms. The van der Waals surface area contributed by atoms with Crippen LogP contribution in [0.1, 0.15) is 64.4 Å². The molecule has 0 amide bonds. The topological polar surface area (TPSA) is 12.0 Å². The molecule has 3 atom stereocenters. The molecule has 118 valence electrons. The molecule has 1 saturated carbocycles. The maximum Gasteiger partial charge on any atom is 0.0175 e. The minimum absolute atomic E-state index is 0.568. The average Bonchev–Trinajstić information content (AvgIpc) is 2.67. The summed E-state index contributed by atoms with van der Waals surface area (Å²) in [6, 6.07) is 10.0. The van der Waals surface area contributed by atoms with Gasteiger partial charge < -0.3 is 5.32 Å². The van der Waals surface area contributed by atoms with Crippen LogP contribution >= 0.6 is 15.9 Å². The van der Waals surface area contributed by atoms with Crippen molar-refractivity contribution >= 4 is 15.9 Å². The van der Waals surface area contributed by atoms with Crippen LogP contribution in [-0.2, 0) is 6.42 Å². The van der Waals surface area contributed by atoms with Crippen molar-refractivity contribution in [3.05, 3.63) is 34.3 Å². The van der Waals surface area contributed by atoms with Gasteiger partial charge in [-0.3, -0.25) is 0 Å². The first-order chi connectivity index (χ1) is 10.2. The number of benzene rings is 1. The van der Waals surface area contributed by atoms with E-state index in [0.717, 1.165) is 22.9 Å². The summed E-state index contributed by atoms with van der Waals surface area (Å²) < 4.78 is 1.16. The van der Waals surface area contributed by atoms with Crippen molar-refractivity contribution in [1.29, 1.82) is 0 Å². The number of nitrogens with one attached hydrogen (secondary N) is 1. The number of hydrogen-bond acceptors (Lipinski definition) is 1. The van der Waals surface area contributed by atoms with Crippen LogP contribution in [0.5, 0.6) is 0 Å². The van der Waals surface area contributed by atoms with Gasteiger partial charge in [-0.15, -0.1) is 0 Å². The fourth-order valence-electron chi connectivity index (χ4n) is 3.68. The Morgan fingerprint density at radius 2 is 1.90 bits per heavy atom. The molecule has 3 unspecified atom stereocenters. The summed E-state index contributed by atoms with van der Waals surface area (Å²) in [5.74, 6) is 0.989. The molecule has 0 radical (unpaired) electrons. The van der Waals surface area contributed by atoms with E-state index in [9.17, 15) is 0 Å². The van der Waals surface area contributed by atoms with Gasteiger partial charge in [0, 0.05) is 16.6 Å². The highest BCUT2D eigenvalue weighted by atomic mass is 79.9. The highest BCUT2D eigenvalue weighted by Gasteiger charge is 2.19. The Kier molecular flexibility index (Phi) is 7.25. The van der Waals surface area contributed by atoms with E-state index in [1.165, 1.54) is 50.5 Å². The molecule has 1 aromatic carbocycles. The highest BCUT2D eigenvalue weighted by molar-refractivity contribution is 9.10. The molecule has 21 heavy (non-hydrogen) atoms. The number of rotatable bonds is 6. The summed E-state index contributed by atoms with van der Waals surface area (Å²) in [5, 5.41) is 3.87. The molecule has 1 nitrogen and oxygen atoms in total. The third-order valence-corrected chi connectivity index (χ3v) is 5.29. The minimum atomic E-state index is 0.568. The fourth-order valence-corrected chi connectivity index (χ4v) is 3.94. The molecule has 1 N–H and O–H groups in total. The lowest BCUT2D eigenvalue weighted by Gasteiger charge is -2.22. The third kappa shape index (κ3) is 6.12. The van der Waals surface area contributed by atoms with E-state index in [0.29, 0.717) is 6.04 Å². The molecule has 0 bridgehead atoms. The van der Waals surface area contributed by atoms with Crippen LogP contribution in [0.15, 0.2) is 28.7 Å². The lowest BCUT2D eigenvalue weighted by Crippen LogP contribution is -2.37. The molecule has 0 aromatic heterocycles. The summed E-state index contributed by atoms with van der Waals surface area (Å²) in [7, 11) is 0. The fraction of sp³-hybridized carbons (Fsp3) is 0.684. The van der Waals surface area contributed by atoms with E-state index < -0.39 is 0 Å². The quantitative estimate of drug-likeness (QED) is 0.646. The van der Waals surface area contributed by atoms with E-state index in [1.807, 2.05) is 0 Å². The Morgan fingerprint density at radius 1 is 1.14 bits per heavy atom. The molecule has 1 aliphatic carbocycles. The number of halogens is 1. The summed E-state index contributed by atoms with van der Waals surface area (Å²) in [6.45, 7) is 4.65. The highest BCUT2D eigenvalue weighted by Crippen LogP contribution is 2.27. The largest absolute Gasteiger partial charge is 0.311 e. The van der Waals surface area contributed by atoms with E-state index in [2.05, 4.69) is 59.4 Å². The zero-order valence-corrected chi connectivity index (χ0v) is 15.2. The Hall–Kier alpha value is -0.340. The second-order valence-electron chi connectivity index (χ2n) is 6.76. The Balaban J connectivity index is 1.76. The summed E-state index contributed by atoms with van der Waals surface area (Å²) in [4.78, 5) is 0. The van der Waals surface area contributed by atoms with E-state index in [1.54, 1.807) is 0 Å². The SMILES string of the molecule is CCCC1CCCC(NC(C)Cc2ccc(Br)cc2)CC1. The summed E-state index contributed by atoms with van der Waals surface area (Å²) in [6.07, 6.45) is 10.9. The van der Waals surface area contributed by atoms with Crippen molar-refractivity contribution in [2.75, 3.05) is 0 Å². The van der Waals surface area contributed by atoms with Gasteiger partial charge in [0.15, 0.2) is 0 Å². The second kappa shape index (κ2) is 8.95. The zero-order valence-electron chi connectivity index (χ0n) is 13.6. The van der Waals surface area contributed by atoms with Crippen LogP contribution < -0.4 is 5.32 Å². The van der Waals surface area contributed by atoms with Gasteiger partial charge in [-0.2, -0.15) is 0 Å². The molecule has 0 heterocycles. The smallest absolute Gasteiger partial charge is 0.0175 e. The van der Waals surface area contributed by atoms with Crippen molar-refractivity contribution in [3.63, 3.8) is 0 Å². The lowest BCUT2D eigenvalue weighted by atomic mass is 9.95. The Bertz CT molecular complexity index is 401. The molecule has 0 spiro atoms. The van der Waals surface area contributed by atoms with Crippen molar-refractivity contribution in [1.82, 2.24) is 5.32 Å². The molecular weight excluding hydrogens is 322 g/mol. The normalized spacial score (nSPS) is 24.5. The Labute approximate surface area is 139 Å². The molecular formula is C19H30BrN. The van der Waals surface area contributed by atoms with E-state index >= 15 is 0 Å². The molecule has 1 fully saturated rings. The molecule has 0 aliphatic heterocycles. The van der Waals surface area contributed by atoms with Crippen molar-refractivity contribution in [2.24, 2.45) is 5.92 Å². The van der Waals surface area contributed by atoms with Gasteiger partial charge >= 0.3 is 0 Å². The van der Waals surface area contributed by atoms with Gasteiger partial charge in [0.1, 0.15) is 0 Å². The van der Waals surface area contributed by atoms with Gasteiger partial charge in [0.05, 0.1) is 0 Å². The summed E-state index contributed by atoms with van der Waals surface area (Å²) >= 11 is 3.50. The molecule has 0 saturated heterocycles. The van der Waals surface area contributed by atoms with Gasteiger partial charge in [-0.05, 0) is 56.2 Å². The molecule has 1 aliphatic rings. The average molecular weight is 352 g/mol. The van der Waals surface area contributed by atoms with E-state index in [4.69, 9.17) is 0 Å². The Morgan fingerprint density at radius 3 is 2.62 bits per heavy atom.